The number of nitriles is 1. The van der Waals surface area contributed by atoms with Crippen molar-refractivity contribution in [1.29, 1.82) is 5.26 Å². The van der Waals surface area contributed by atoms with E-state index in [1.807, 2.05) is 24.3 Å². The normalized spacial score (nSPS) is 31.3. The largest absolute Gasteiger partial charge is 0.310 e. The molecule has 1 heterocycles. The van der Waals surface area contributed by atoms with Crippen LogP contribution >= 0.6 is 23.2 Å². The molecule has 0 radical (unpaired) electrons. The summed E-state index contributed by atoms with van der Waals surface area (Å²) in [4.78, 5) is 11.5. The molecule has 1 N–H and O–H groups in total. The Morgan fingerprint density at radius 1 is 1.29 bits per heavy atom. The van der Waals surface area contributed by atoms with Crippen LogP contribution in [0.25, 0.3) is 0 Å². The van der Waals surface area contributed by atoms with Crippen LogP contribution in [0.15, 0.2) is 24.3 Å². The number of alkyl halides is 2. The van der Waals surface area contributed by atoms with E-state index in [1.165, 1.54) is 5.56 Å². The zero-order valence-corrected chi connectivity index (χ0v) is 13.0. The third-order valence-corrected chi connectivity index (χ3v) is 5.68. The predicted molar refractivity (Wildman–Crippen MR) is 82.2 cm³/mol. The van der Waals surface area contributed by atoms with Crippen molar-refractivity contribution < 1.29 is 4.79 Å². The fraction of sp³-hybridized carbons (Fsp3) is 0.500. The van der Waals surface area contributed by atoms with Gasteiger partial charge < -0.3 is 5.32 Å². The minimum Gasteiger partial charge on any atom is -0.310 e. The van der Waals surface area contributed by atoms with E-state index in [0.717, 1.165) is 19.4 Å². The number of carbonyl (C=O) groups is 1. The Morgan fingerprint density at radius 2 is 2.00 bits per heavy atom. The van der Waals surface area contributed by atoms with E-state index in [4.69, 9.17) is 28.5 Å². The number of Topliss-reactive ketones (excluding diaryl/α,β-unsaturated/α-hetero) is 1. The maximum absolute atomic E-state index is 11.5. The molecule has 1 aromatic carbocycles. The second kappa shape index (κ2) is 5.61. The lowest BCUT2D eigenvalue weighted by Gasteiger charge is -2.45. The van der Waals surface area contributed by atoms with Gasteiger partial charge in [-0.15, -0.1) is 0 Å². The van der Waals surface area contributed by atoms with Crippen LogP contribution in [0.2, 0.25) is 0 Å². The first kappa shape index (κ1) is 14.8. The van der Waals surface area contributed by atoms with Gasteiger partial charge in [0.2, 0.25) is 0 Å². The first-order valence-electron chi connectivity index (χ1n) is 7.17. The number of nitrogens with zero attached hydrogens (tertiary/aromatic N) is 1. The zero-order valence-electron chi connectivity index (χ0n) is 11.5. The first-order valence-corrected chi connectivity index (χ1v) is 7.92. The predicted octanol–water partition coefficient (Wildman–Crippen LogP) is 3.36. The number of ketones is 1. The number of piperidine rings is 1. The van der Waals surface area contributed by atoms with Crippen LogP contribution in [0.5, 0.6) is 0 Å². The van der Waals surface area contributed by atoms with Crippen molar-refractivity contribution in [3.05, 3.63) is 35.4 Å². The summed E-state index contributed by atoms with van der Waals surface area (Å²) in [6.07, 6.45) is 2.41. The van der Waals surface area contributed by atoms with Gasteiger partial charge in [0, 0.05) is 18.4 Å². The Balaban J connectivity index is 1.71. The van der Waals surface area contributed by atoms with E-state index in [-0.39, 0.29) is 17.7 Å². The van der Waals surface area contributed by atoms with E-state index in [2.05, 4.69) is 11.4 Å². The van der Waals surface area contributed by atoms with Crippen molar-refractivity contribution in [1.82, 2.24) is 5.32 Å². The molecule has 3 nitrogen and oxygen atoms in total. The second-order valence-electron chi connectivity index (χ2n) is 5.88. The molecule has 3 atom stereocenters. The Labute approximate surface area is 134 Å². The van der Waals surface area contributed by atoms with E-state index in [9.17, 15) is 4.79 Å². The van der Waals surface area contributed by atoms with Crippen LogP contribution in [0.4, 0.5) is 0 Å². The van der Waals surface area contributed by atoms with Crippen LogP contribution in [0.1, 0.15) is 36.4 Å². The summed E-state index contributed by atoms with van der Waals surface area (Å²) in [5, 5.41) is 12.3. The summed E-state index contributed by atoms with van der Waals surface area (Å²) in [7, 11) is 0. The van der Waals surface area contributed by atoms with Crippen molar-refractivity contribution in [3.63, 3.8) is 0 Å². The average Bonchev–Trinajstić information content (AvgIpc) is 2.52. The van der Waals surface area contributed by atoms with Gasteiger partial charge in [-0.1, -0.05) is 35.3 Å². The van der Waals surface area contributed by atoms with Crippen molar-refractivity contribution in [2.45, 2.75) is 29.6 Å². The molecule has 1 saturated heterocycles. The van der Waals surface area contributed by atoms with E-state index in [1.54, 1.807) is 0 Å². The summed E-state index contributed by atoms with van der Waals surface area (Å²) >= 11 is 12.3. The highest BCUT2D eigenvalue weighted by atomic mass is 35.5. The van der Waals surface area contributed by atoms with Crippen molar-refractivity contribution in [2.75, 3.05) is 6.54 Å². The Bertz CT molecular complexity index is 591. The molecule has 3 unspecified atom stereocenters. The standard InChI is InChI=1S/C16H16Cl2N2O/c17-16(18)13(8-15(16)21)12-5-6-20-14(7-12)11-3-1-10(9-19)2-4-11/h1-4,12-14,20H,5-8H2. The summed E-state index contributed by atoms with van der Waals surface area (Å²) in [5.74, 6) is 0.375. The lowest BCUT2D eigenvalue weighted by Crippen LogP contribution is -2.53. The molecular formula is C16H16Cl2N2O. The molecule has 2 aliphatic rings. The lowest BCUT2D eigenvalue weighted by atomic mass is 9.69. The molecule has 1 aromatic rings. The van der Waals surface area contributed by atoms with E-state index >= 15 is 0 Å². The molecule has 1 saturated carbocycles. The SMILES string of the molecule is N#Cc1ccc(C2CC(C3CC(=O)C3(Cl)Cl)CCN2)cc1. The summed E-state index contributed by atoms with van der Waals surface area (Å²) in [6.45, 7) is 0.893. The summed E-state index contributed by atoms with van der Waals surface area (Å²) in [6, 6.07) is 10.00. The van der Waals surface area contributed by atoms with Crippen LogP contribution in [-0.4, -0.2) is 16.7 Å². The highest BCUT2D eigenvalue weighted by molar-refractivity contribution is 6.60. The second-order valence-corrected chi connectivity index (χ2v) is 7.27. The van der Waals surface area contributed by atoms with Gasteiger partial charge in [-0.3, -0.25) is 4.79 Å². The third kappa shape index (κ3) is 2.68. The Morgan fingerprint density at radius 3 is 2.57 bits per heavy atom. The summed E-state index contributed by atoms with van der Waals surface area (Å²) in [5.41, 5.74) is 1.83. The van der Waals surface area contributed by atoms with Crippen LogP contribution < -0.4 is 5.32 Å². The van der Waals surface area contributed by atoms with Gasteiger partial charge >= 0.3 is 0 Å². The molecule has 0 bridgehead atoms. The lowest BCUT2D eigenvalue weighted by molar-refractivity contribution is -0.130. The maximum atomic E-state index is 11.5. The number of carbonyl (C=O) groups excluding carboxylic acids is 1. The van der Waals surface area contributed by atoms with Gasteiger partial charge in [0.1, 0.15) is 0 Å². The molecule has 1 aliphatic heterocycles. The molecule has 0 amide bonds. The van der Waals surface area contributed by atoms with E-state index in [0.29, 0.717) is 17.9 Å². The molecule has 5 heteroatoms. The van der Waals surface area contributed by atoms with Crippen LogP contribution in [-0.2, 0) is 4.79 Å². The Kier molecular flexibility index (Phi) is 3.96. The average molecular weight is 323 g/mol. The number of hydrogen-bond acceptors (Lipinski definition) is 3. The van der Waals surface area contributed by atoms with Gasteiger partial charge in [0.25, 0.3) is 0 Å². The van der Waals surface area contributed by atoms with Crippen molar-refractivity contribution in [3.8, 4) is 6.07 Å². The molecule has 1 aliphatic carbocycles. The molecule has 2 fully saturated rings. The zero-order chi connectivity index (χ0) is 15.0. The fourth-order valence-electron chi connectivity index (χ4n) is 3.36. The molecule has 3 rings (SSSR count). The van der Waals surface area contributed by atoms with Crippen molar-refractivity contribution >= 4 is 29.0 Å². The van der Waals surface area contributed by atoms with Gasteiger partial charge in [-0.05, 0) is 43.0 Å². The maximum Gasteiger partial charge on any atom is 0.179 e. The first-order chi connectivity index (χ1) is 10.0. The smallest absolute Gasteiger partial charge is 0.179 e. The highest BCUT2D eigenvalue weighted by Gasteiger charge is 2.55. The number of hydrogen-bond donors (Lipinski definition) is 1. The molecule has 21 heavy (non-hydrogen) atoms. The van der Waals surface area contributed by atoms with Crippen LogP contribution in [0, 0.1) is 23.2 Å². The van der Waals surface area contributed by atoms with Crippen molar-refractivity contribution in [2.24, 2.45) is 11.8 Å². The molecular weight excluding hydrogens is 307 g/mol. The third-order valence-electron chi connectivity index (χ3n) is 4.70. The minimum absolute atomic E-state index is 0.0516. The topological polar surface area (TPSA) is 52.9 Å². The van der Waals surface area contributed by atoms with Gasteiger partial charge in [0.05, 0.1) is 11.6 Å². The van der Waals surface area contributed by atoms with E-state index < -0.39 is 4.33 Å². The minimum atomic E-state index is -1.18. The van der Waals surface area contributed by atoms with Crippen LogP contribution in [0.3, 0.4) is 0 Å². The number of nitrogens with one attached hydrogen (secondary N) is 1. The highest BCUT2D eigenvalue weighted by Crippen LogP contribution is 2.51. The quantitative estimate of drug-likeness (QED) is 0.849. The molecule has 0 aromatic heterocycles. The van der Waals surface area contributed by atoms with Gasteiger partial charge in [-0.25, -0.2) is 0 Å². The number of benzene rings is 1. The number of halogens is 2. The fourth-order valence-corrected chi connectivity index (χ4v) is 4.02. The molecule has 110 valence electrons. The summed E-state index contributed by atoms with van der Waals surface area (Å²) < 4.78 is -1.18. The van der Waals surface area contributed by atoms with Gasteiger partial charge in [-0.2, -0.15) is 5.26 Å². The Hall–Kier alpha value is -1.08. The monoisotopic (exact) mass is 322 g/mol. The number of rotatable bonds is 2. The molecule has 0 spiro atoms. The van der Waals surface area contributed by atoms with Gasteiger partial charge in [0.15, 0.2) is 10.1 Å².